The van der Waals surface area contributed by atoms with Crippen molar-refractivity contribution in [2.75, 3.05) is 50.1 Å². The molecule has 31 heavy (non-hydrogen) atoms. The Morgan fingerprint density at radius 2 is 1.90 bits per heavy atom. The lowest BCUT2D eigenvalue weighted by atomic mass is 10.1. The van der Waals surface area contributed by atoms with Crippen LogP contribution in [0.4, 0.5) is 11.4 Å². The molecule has 0 aliphatic carbocycles. The highest BCUT2D eigenvalue weighted by atomic mass is 16.5. The van der Waals surface area contributed by atoms with Crippen LogP contribution in [0, 0.1) is 0 Å². The Morgan fingerprint density at radius 3 is 2.61 bits per heavy atom. The van der Waals surface area contributed by atoms with Gasteiger partial charge in [0, 0.05) is 44.7 Å². The molecular weight excluding hydrogens is 386 g/mol. The van der Waals surface area contributed by atoms with Crippen LogP contribution in [-0.4, -0.2) is 45.9 Å². The van der Waals surface area contributed by atoms with Gasteiger partial charge in [0.15, 0.2) is 5.96 Å². The second kappa shape index (κ2) is 12.2. The Labute approximate surface area is 187 Å². The topological polar surface area (TPSA) is 60.9 Å². The third-order valence-corrected chi connectivity index (χ3v) is 5.55. The highest BCUT2D eigenvalue weighted by Crippen LogP contribution is 2.24. The van der Waals surface area contributed by atoms with Crippen LogP contribution in [0.1, 0.15) is 43.9 Å². The first-order valence-electron chi connectivity index (χ1n) is 11.4. The standard InChI is InChI=1S/C25H37N5O/c1-4-26-25(28-19-21-10-12-23(13-11-21)27-14-17-31-3)29-20(2)22-8-7-9-24(18-22)30-15-5-6-16-30/h7-13,18,20,27H,4-6,14-17,19H2,1-3H3,(H2,26,28,29). The van der Waals surface area contributed by atoms with Crippen molar-refractivity contribution in [3.8, 4) is 0 Å². The summed E-state index contributed by atoms with van der Waals surface area (Å²) in [6.07, 6.45) is 2.58. The molecule has 1 aliphatic rings. The fourth-order valence-corrected chi connectivity index (χ4v) is 3.77. The average Bonchev–Trinajstić information content (AvgIpc) is 3.34. The number of benzene rings is 2. The van der Waals surface area contributed by atoms with Gasteiger partial charge < -0.3 is 25.6 Å². The number of guanidine groups is 1. The van der Waals surface area contributed by atoms with Crippen molar-refractivity contribution in [2.45, 2.75) is 39.3 Å². The second-order valence-corrected chi connectivity index (χ2v) is 7.97. The normalized spacial score (nSPS) is 15.1. The van der Waals surface area contributed by atoms with Gasteiger partial charge in [-0.25, -0.2) is 4.99 Å². The minimum absolute atomic E-state index is 0.174. The molecule has 0 radical (unpaired) electrons. The molecule has 0 amide bonds. The molecule has 6 nitrogen and oxygen atoms in total. The largest absolute Gasteiger partial charge is 0.383 e. The molecule has 3 N–H and O–H groups in total. The van der Waals surface area contributed by atoms with Crippen molar-refractivity contribution >= 4 is 17.3 Å². The Morgan fingerprint density at radius 1 is 1.13 bits per heavy atom. The van der Waals surface area contributed by atoms with Gasteiger partial charge in [-0.3, -0.25) is 0 Å². The molecule has 6 heteroatoms. The zero-order valence-electron chi connectivity index (χ0n) is 19.2. The lowest BCUT2D eigenvalue weighted by Crippen LogP contribution is -2.38. The quantitative estimate of drug-likeness (QED) is 0.304. The first-order chi connectivity index (χ1) is 15.2. The third-order valence-electron chi connectivity index (χ3n) is 5.55. The minimum atomic E-state index is 0.174. The molecule has 0 saturated carbocycles. The van der Waals surface area contributed by atoms with E-state index in [0.29, 0.717) is 13.2 Å². The van der Waals surface area contributed by atoms with Crippen LogP contribution in [0.3, 0.4) is 0 Å². The number of methoxy groups -OCH3 is 1. The van der Waals surface area contributed by atoms with E-state index >= 15 is 0 Å². The first kappa shape index (κ1) is 22.9. The maximum absolute atomic E-state index is 5.07. The summed E-state index contributed by atoms with van der Waals surface area (Å²) in [5.74, 6) is 0.837. The van der Waals surface area contributed by atoms with E-state index in [2.05, 4.69) is 83.2 Å². The zero-order chi connectivity index (χ0) is 21.9. The van der Waals surface area contributed by atoms with Crippen LogP contribution < -0.4 is 20.9 Å². The number of rotatable bonds is 10. The molecule has 0 bridgehead atoms. The van der Waals surface area contributed by atoms with Crippen LogP contribution >= 0.6 is 0 Å². The molecule has 1 atom stereocenters. The summed E-state index contributed by atoms with van der Waals surface area (Å²) in [6, 6.07) is 17.5. The molecule has 2 aromatic rings. The monoisotopic (exact) mass is 423 g/mol. The summed E-state index contributed by atoms with van der Waals surface area (Å²) in [6.45, 7) is 9.57. The summed E-state index contributed by atoms with van der Waals surface area (Å²) >= 11 is 0. The maximum Gasteiger partial charge on any atom is 0.192 e. The van der Waals surface area contributed by atoms with E-state index in [1.165, 1.54) is 29.7 Å². The summed E-state index contributed by atoms with van der Waals surface area (Å²) in [5.41, 5.74) is 4.88. The smallest absolute Gasteiger partial charge is 0.192 e. The summed E-state index contributed by atoms with van der Waals surface area (Å²) in [7, 11) is 1.71. The van der Waals surface area contributed by atoms with Gasteiger partial charge in [0.1, 0.15) is 0 Å². The summed E-state index contributed by atoms with van der Waals surface area (Å²) < 4.78 is 5.07. The van der Waals surface area contributed by atoms with E-state index in [4.69, 9.17) is 9.73 Å². The highest BCUT2D eigenvalue weighted by molar-refractivity contribution is 5.80. The Bertz CT molecular complexity index is 815. The number of nitrogens with zero attached hydrogens (tertiary/aromatic N) is 2. The Kier molecular flexibility index (Phi) is 9.03. The van der Waals surface area contributed by atoms with Crippen molar-refractivity contribution in [1.82, 2.24) is 10.6 Å². The molecular formula is C25H37N5O. The molecule has 0 aromatic heterocycles. The molecule has 1 unspecified atom stereocenters. The van der Waals surface area contributed by atoms with Crippen LogP contribution in [0.5, 0.6) is 0 Å². The first-order valence-corrected chi connectivity index (χ1v) is 11.4. The lowest BCUT2D eigenvalue weighted by molar-refractivity contribution is 0.211. The van der Waals surface area contributed by atoms with Gasteiger partial charge in [0.25, 0.3) is 0 Å². The molecule has 2 aromatic carbocycles. The fraction of sp³-hybridized carbons (Fsp3) is 0.480. The van der Waals surface area contributed by atoms with E-state index in [0.717, 1.165) is 37.8 Å². The van der Waals surface area contributed by atoms with Gasteiger partial charge in [-0.05, 0) is 62.1 Å². The Hall–Kier alpha value is -2.73. The number of ether oxygens (including phenoxy) is 1. The van der Waals surface area contributed by atoms with Gasteiger partial charge in [-0.15, -0.1) is 0 Å². The van der Waals surface area contributed by atoms with Gasteiger partial charge in [-0.1, -0.05) is 24.3 Å². The van der Waals surface area contributed by atoms with Gasteiger partial charge >= 0.3 is 0 Å². The van der Waals surface area contributed by atoms with E-state index in [1.807, 2.05) is 0 Å². The van der Waals surface area contributed by atoms with Crippen LogP contribution in [0.2, 0.25) is 0 Å². The molecule has 1 fully saturated rings. The number of aliphatic imine (C=N–C) groups is 1. The third kappa shape index (κ3) is 7.17. The number of hydrogen-bond donors (Lipinski definition) is 3. The SMILES string of the molecule is CCNC(=NCc1ccc(NCCOC)cc1)NC(C)c1cccc(N2CCCC2)c1. The van der Waals surface area contributed by atoms with Crippen molar-refractivity contribution < 1.29 is 4.74 Å². The predicted octanol–water partition coefficient (Wildman–Crippen LogP) is 4.16. The van der Waals surface area contributed by atoms with Crippen molar-refractivity contribution in [1.29, 1.82) is 0 Å². The summed E-state index contributed by atoms with van der Waals surface area (Å²) in [4.78, 5) is 7.27. The average molecular weight is 424 g/mol. The number of anilines is 2. The van der Waals surface area contributed by atoms with E-state index in [9.17, 15) is 0 Å². The van der Waals surface area contributed by atoms with Crippen LogP contribution in [0.25, 0.3) is 0 Å². The zero-order valence-corrected chi connectivity index (χ0v) is 19.2. The van der Waals surface area contributed by atoms with Gasteiger partial charge in [0.05, 0.1) is 19.2 Å². The predicted molar refractivity (Wildman–Crippen MR) is 131 cm³/mol. The second-order valence-electron chi connectivity index (χ2n) is 7.97. The highest BCUT2D eigenvalue weighted by Gasteiger charge is 2.14. The number of nitrogens with one attached hydrogen (secondary N) is 3. The van der Waals surface area contributed by atoms with Crippen molar-refractivity contribution in [2.24, 2.45) is 4.99 Å². The van der Waals surface area contributed by atoms with Crippen molar-refractivity contribution in [3.05, 3.63) is 59.7 Å². The molecule has 3 rings (SSSR count). The fourth-order valence-electron chi connectivity index (χ4n) is 3.77. The van der Waals surface area contributed by atoms with E-state index in [1.54, 1.807) is 7.11 Å². The van der Waals surface area contributed by atoms with Crippen molar-refractivity contribution in [3.63, 3.8) is 0 Å². The minimum Gasteiger partial charge on any atom is -0.383 e. The molecule has 1 aliphatic heterocycles. The van der Waals surface area contributed by atoms with Crippen LogP contribution in [-0.2, 0) is 11.3 Å². The lowest BCUT2D eigenvalue weighted by Gasteiger charge is -2.22. The Balaban J connectivity index is 1.59. The van der Waals surface area contributed by atoms with E-state index < -0.39 is 0 Å². The van der Waals surface area contributed by atoms with Gasteiger partial charge in [-0.2, -0.15) is 0 Å². The number of hydrogen-bond acceptors (Lipinski definition) is 4. The summed E-state index contributed by atoms with van der Waals surface area (Å²) in [5, 5.41) is 10.3. The maximum atomic E-state index is 5.07. The molecule has 1 heterocycles. The molecule has 1 saturated heterocycles. The van der Waals surface area contributed by atoms with Crippen LogP contribution in [0.15, 0.2) is 53.5 Å². The van der Waals surface area contributed by atoms with E-state index in [-0.39, 0.29) is 6.04 Å². The van der Waals surface area contributed by atoms with Gasteiger partial charge in [0.2, 0.25) is 0 Å². The molecule has 168 valence electrons. The molecule has 0 spiro atoms.